The van der Waals surface area contributed by atoms with E-state index in [0.29, 0.717) is 18.6 Å². The van der Waals surface area contributed by atoms with Crippen molar-refractivity contribution >= 4 is 29.8 Å². The SMILES string of the molecule is COC(=O)CCSC(C)(C)CC(C)(C(=O)OCCNC(=O)OC(C)(C)C)C(C)C. The van der Waals surface area contributed by atoms with Gasteiger partial charge >= 0.3 is 18.0 Å². The lowest BCUT2D eigenvalue weighted by molar-refractivity contribution is -0.158. The van der Waals surface area contributed by atoms with Crippen molar-refractivity contribution < 1.29 is 28.6 Å². The molecular weight excluding hydrogens is 394 g/mol. The maximum Gasteiger partial charge on any atom is 0.407 e. The van der Waals surface area contributed by atoms with E-state index in [1.54, 1.807) is 32.5 Å². The van der Waals surface area contributed by atoms with Gasteiger partial charge in [-0.05, 0) is 40.0 Å². The van der Waals surface area contributed by atoms with E-state index in [2.05, 4.69) is 23.9 Å². The third-order valence-corrected chi connectivity index (χ3v) is 5.90. The zero-order chi connectivity index (χ0) is 22.9. The molecule has 1 N–H and O–H groups in total. The molecule has 0 aliphatic rings. The van der Waals surface area contributed by atoms with Gasteiger partial charge in [-0.2, -0.15) is 11.8 Å². The van der Waals surface area contributed by atoms with Crippen LogP contribution in [0.4, 0.5) is 4.79 Å². The molecule has 170 valence electrons. The van der Waals surface area contributed by atoms with Gasteiger partial charge in [0.2, 0.25) is 0 Å². The van der Waals surface area contributed by atoms with Crippen LogP contribution in [0, 0.1) is 11.3 Å². The van der Waals surface area contributed by atoms with Gasteiger partial charge in [0.15, 0.2) is 0 Å². The summed E-state index contributed by atoms with van der Waals surface area (Å²) in [6, 6.07) is 0. The summed E-state index contributed by atoms with van der Waals surface area (Å²) in [5, 5.41) is 2.58. The summed E-state index contributed by atoms with van der Waals surface area (Å²) < 4.78 is 15.1. The highest BCUT2D eigenvalue weighted by molar-refractivity contribution is 8.00. The maximum absolute atomic E-state index is 12.8. The normalized spacial score (nSPS) is 14.1. The molecular formula is C21H39NO6S. The van der Waals surface area contributed by atoms with Crippen molar-refractivity contribution in [2.75, 3.05) is 26.0 Å². The van der Waals surface area contributed by atoms with Gasteiger partial charge in [-0.3, -0.25) is 9.59 Å². The molecule has 7 nitrogen and oxygen atoms in total. The van der Waals surface area contributed by atoms with E-state index in [4.69, 9.17) is 9.47 Å². The Bertz CT molecular complexity index is 556. The monoisotopic (exact) mass is 433 g/mol. The van der Waals surface area contributed by atoms with Crippen LogP contribution in [-0.2, 0) is 23.8 Å². The molecule has 0 spiro atoms. The zero-order valence-corrected chi connectivity index (χ0v) is 20.3. The van der Waals surface area contributed by atoms with E-state index in [9.17, 15) is 14.4 Å². The first-order valence-electron chi connectivity index (χ1n) is 9.98. The van der Waals surface area contributed by atoms with Crippen LogP contribution in [0.2, 0.25) is 0 Å². The molecule has 29 heavy (non-hydrogen) atoms. The predicted molar refractivity (Wildman–Crippen MR) is 116 cm³/mol. The zero-order valence-electron chi connectivity index (χ0n) is 19.5. The lowest BCUT2D eigenvalue weighted by Gasteiger charge is -2.38. The van der Waals surface area contributed by atoms with Crippen molar-refractivity contribution in [2.45, 2.75) is 78.6 Å². The molecule has 0 aromatic rings. The number of hydrogen-bond donors (Lipinski definition) is 1. The van der Waals surface area contributed by atoms with Crippen LogP contribution in [0.5, 0.6) is 0 Å². The van der Waals surface area contributed by atoms with E-state index in [1.165, 1.54) is 7.11 Å². The standard InChI is InChI=1S/C21H39NO6S/c1-15(2)21(8,14-20(6,7)29-13-10-16(23)26-9)17(24)27-12-11-22-18(25)28-19(3,4)5/h15H,10-14H2,1-9H3,(H,22,25). The van der Waals surface area contributed by atoms with Crippen LogP contribution in [0.15, 0.2) is 0 Å². The van der Waals surface area contributed by atoms with Gasteiger partial charge in [-0.25, -0.2) is 4.79 Å². The highest BCUT2D eigenvalue weighted by Crippen LogP contribution is 2.42. The van der Waals surface area contributed by atoms with Crippen molar-refractivity contribution in [2.24, 2.45) is 11.3 Å². The Morgan fingerprint density at radius 1 is 1.03 bits per heavy atom. The summed E-state index contributed by atoms with van der Waals surface area (Å²) in [4.78, 5) is 35.8. The van der Waals surface area contributed by atoms with E-state index in [0.717, 1.165) is 0 Å². The van der Waals surface area contributed by atoms with Gasteiger partial charge in [-0.1, -0.05) is 27.7 Å². The minimum atomic E-state index is -0.687. The van der Waals surface area contributed by atoms with E-state index in [1.807, 2.05) is 20.8 Å². The van der Waals surface area contributed by atoms with Gasteiger partial charge in [-0.15, -0.1) is 0 Å². The van der Waals surface area contributed by atoms with Crippen molar-refractivity contribution in [1.82, 2.24) is 5.32 Å². The quantitative estimate of drug-likeness (QED) is 0.297. The summed E-state index contributed by atoms with van der Waals surface area (Å²) in [6.45, 7) is 15.6. The Balaban J connectivity index is 4.69. The molecule has 0 fully saturated rings. The van der Waals surface area contributed by atoms with Crippen LogP contribution in [-0.4, -0.2) is 54.4 Å². The number of amides is 1. The molecule has 0 aliphatic carbocycles. The first kappa shape index (κ1) is 27.6. The van der Waals surface area contributed by atoms with E-state index in [-0.39, 0.29) is 35.8 Å². The number of esters is 2. The number of alkyl carbamates (subject to hydrolysis) is 1. The van der Waals surface area contributed by atoms with Crippen LogP contribution < -0.4 is 5.32 Å². The van der Waals surface area contributed by atoms with Gasteiger partial charge in [0.1, 0.15) is 12.2 Å². The fourth-order valence-corrected chi connectivity index (χ4v) is 3.96. The minimum Gasteiger partial charge on any atom is -0.469 e. The Morgan fingerprint density at radius 3 is 2.10 bits per heavy atom. The fourth-order valence-electron chi connectivity index (χ4n) is 2.74. The first-order chi connectivity index (χ1) is 13.1. The number of carbonyl (C=O) groups excluding carboxylic acids is 3. The number of rotatable bonds is 11. The average molecular weight is 434 g/mol. The van der Waals surface area contributed by atoms with E-state index < -0.39 is 17.1 Å². The lowest BCUT2D eigenvalue weighted by atomic mass is 9.73. The van der Waals surface area contributed by atoms with Crippen LogP contribution in [0.3, 0.4) is 0 Å². The number of carbonyl (C=O) groups is 3. The lowest BCUT2D eigenvalue weighted by Crippen LogP contribution is -2.41. The molecule has 0 saturated carbocycles. The van der Waals surface area contributed by atoms with Crippen molar-refractivity contribution in [3.8, 4) is 0 Å². The third-order valence-electron chi connectivity index (χ3n) is 4.56. The Morgan fingerprint density at radius 2 is 1.62 bits per heavy atom. The summed E-state index contributed by atoms with van der Waals surface area (Å²) >= 11 is 1.64. The Labute approximate surface area is 180 Å². The van der Waals surface area contributed by atoms with E-state index >= 15 is 0 Å². The highest BCUT2D eigenvalue weighted by atomic mass is 32.2. The van der Waals surface area contributed by atoms with Gasteiger partial charge in [0.05, 0.1) is 25.5 Å². The summed E-state index contributed by atoms with van der Waals surface area (Å²) in [5.41, 5.74) is -1.26. The maximum atomic E-state index is 12.8. The molecule has 0 aromatic carbocycles. The van der Waals surface area contributed by atoms with Crippen LogP contribution in [0.25, 0.3) is 0 Å². The molecule has 0 aromatic heterocycles. The number of hydrogen-bond acceptors (Lipinski definition) is 7. The van der Waals surface area contributed by atoms with Crippen molar-refractivity contribution in [3.05, 3.63) is 0 Å². The van der Waals surface area contributed by atoms with Gasteiger partial charge < -0.3 is 19.5 Å². The second-order valence-corrected chi connectivity index (χ2v) is 11.0. The summed E-state index contributed by atoms with van der Waals surface area (Å²) in [6.07, 6.45) is 0.398. The van der Waals surface area contributed by atoms with Crippen molar-refractivity contribution in [3.63, 3.8) is 0 Å². The largest absolute Gasteiger partial charge is 0.469 e. The molecule has 0 bridgehead atoms. The van der Waals surface area contributed by atoms with Crippen molar-refractivity contribution in [1.29, 1.82) is 0 Å². The molecule has 1 atom stereocenters. The minimum absolute atomic E-state index is 0.0642. The second-order valence-electron chi connectivity index (χ2n) is 9.25. The molecule has 0 radical (unpaired) electrons. The molecule has 0 heterocycles. The van der Waals surface area contributed by atoms with Gasteiger partial charge in [0.25, 0.3) is 0 Å². The smallest absolute Gasteiger partial charge is 0.407 e. The van der Waals surface area contributed by atoms with Crippen LogP contribution in [0.1, 0.15) is 68.2 Å². The molecule has 8 heteroatoms. The second kappa shape index (κ2) is 11.7. The number of nitrogens with one attached hydrogen (secondary N) is 1. The van der Waals surface area contributed by atoms with Gasteiger partial charge in [0, 0.05) is 10.5 Å². The molecule has 1 amide bonds. The first-order valence-corrected chi connectivity index (χ1v) is 11.0. The summed E-state index contributed by atoms with van der Waals surface area (Å²) in [5.74, 6) is 0.161. The Kier molecular flexibility index (Phi) is 11.1. The molecule has 0 aliphatic heterocycles. The molecule has 1 unspecified atom stereocenters. The number of ether oxygens (including phenoxy) is 3. The average Bonchev–Trinajstić information content (AvgIpc) is 2.55. The fraction of sp³-hybridized carbons (Fsp3) is 0.857. The number of thioether (sulfide) groups is 1. The molecule has 0 rings (SSSR count). The van der Waals surface area contributed by atoms with Crippen LogP contribution >= 0.6 is 11.8 Å². The highest BCUT2D eigenvalue weighted by Gasteiger charge is 2.42. The topological polar surface area (TPSA) is 90.9 Å². The summed E-state index contributed by atoms with van der Waals surface area (Å²) in [7, 11) is 1.38. The Hall–Kier alpha value is -1.44. The predicted octanol–water partition coefficient (Wildman–Crippen LogP) is 4.18. The molecule has 0 saturated heterocycles. The number of methoxy groups -OCH3 is 1. The third kappa shape index (κ3) is 11.4.